The van der Waals surface area contributed by atoms with E-state index in [9.17, 15) is 9.90 Å². The van der Waals surface area contributed by atoms with Crippen molar-refractivity contribution in [2.75, 3.05) is 20.3 Å². The first kappa shape index (κ1) is 29.7. The second-order valence-corrected chi connectivity index (χ2v) is 9.95. The van der Waals surface area contributed by atoms with Gasteiger partial charge >= 0.3 is 0 Å². The van der Waals surface area contributed by atoms with Crippen LogP contribution in [0.4, 0.5) is 0 Å². The number of hydrogen-bond donors (Lipinski definition) is 4. The van der Waals surface area contributed by atoms with Gasteiger partial charge in [0.1, 0.15) is 24.4 Å². The molecule has 0 spiro atoms. The summed E-state index contributed by atoms with van der Waals surface area (Å²) in [5.74, 6) is -0.443. The number of amides is 1. The SMILES string of the molecule is CO[C@H]1[C@H](O)[C@@H](COCc2ccc(Cl)cc2)OC(OCc2ccc3ccccc3c2)[C@@H]1NC(=O)CCN=C(N)N. The molecule has 1 saturated heterocycles. The van der Waals surface area contributed by atoms with E-state index in [-0.39, 0.29) is 38.0 Å². The molecule has 1 fully saturated rings. The molecule has 1 aliphatic rings. The van der Waals surface area contributed by atoms with Crippen LogP contribution in [0, 0.1) is 0 Å². The summed E-state index contributed by atoms with van der Waals surface area (Å²) in [5, 5.41) is 16.8. The fourth-order valence-electron chi connectivity index (χ4n) is 4.56. The number of carbonyl (C=O) groups excluding carboxylic acids is 1. The highest BCUT2D eigenvalue weighted by molar-refractivity contribution is 6.30. The van der Waals surface area contributed by atoms with E-state index in [2.05, 4.69) is 10.3 Å². The van der Waals surface area contributed by atoms with Gasteiger partial charge in [0.25, 0.3) is 0 Å². The summed E-state index contributed by atoms with van der Waals surface area (Å²) in [7, 11) is 1.46. The van der Waals surface area contributed by atoms with E-state index in [0.717, 1.165) is 21.9 Å². The Labute approximate surface area is 238 Å². The number of guanidine groups is 1. The maximum atomic E-state index is 12.7. The van der Waals surface area contributed by atoms with E-state index in [0.29, 0.717) is 11.6 Å². The van der Waals surface area contributed by atoms with E-state index in [1.54, 1.807) is 12.1 Å². The fourth-order valence-corrected chi connectivity index (χ4v) is 4.68. The summed E-state index contributed by atoms with van der Waals surface area (Å²) in [6.45, 7) is 0.700. The summed E-state index contributed by atoms with van der Waals surface area (Å²) in [4.78, 5) is 16.6. The molecular formula is C29H35ClN4O6. The number of fused-ring (bicyclic) bond motifs is 1. The normalized spacial score (nSPS) is 22.6. The molecule has 1 amide bonds. The Morgan fingerprint density at radius 1 is 1.05 bits per heavy atom. The van der Waals surface area contributed by atoms with Crippen molar-refractivity contribution in [3.63, 3.8) is 0 Å². The van der Waals surface area contributed by atoms with Gasteiger partial charge in [0.2, 0.25) is 5.91 Å². The second-order valence-electron chi connectivity index (χ2n) is 9.52. The molecule has 6 N–H and O–H groups in total. The largest absolute Gasteiger partial charge is 0.388 e. The van der Waals surface area contributed by atoms with Gasteiger partial charge in [0.15, 0.2) is 12.2 Å². The number of aliphatic hydroxyl groups excluding tert-OH is 1. The number of nitrogens with zero attached hydrogens (tertiary/aromatic N) is 1. The molecule has 1 unspecified atom stereocenters. The zero-order chi connectivity index (χ0) is 28.5. The Kier molecular flexibility index (Phi) is 10.7. The molecule has 10 nitrogen and oxygen atoms in total. The summed E-state index contributed by atoms with van der Waals surface area (Å²) in [5.41, 5.74) is 12.6. The van der Waals surface area contributed by atoms with E-state index < -0.39 is 30.6 Å². The van der Waals surface area contributed by atoms with Crippen molar-refractivity contribution >= 4 is 34.2 Å². The number of ether oxygens (including phenoxy) is 4. The van der Waals surface area contributed by atoms with E-state index in [1.807, 2.05) is 54.6 Å². The quantitative estimate of drug-likeness (QED) is 0.191. The first-order valence-corrected chi connectivity index (χ1v) is 13.3. The zero-order valence-corrected chi connectivity index (χ0v) is 23.0. The molecule has 3 aromatic rings. The van der Waals surface area contributed by atoms with Crippen LogP contribution in [0.2, 0.25) is 5.02 Å². The number of nitrogens with one attached hydrogen (secondary N) is 1. The molecule has 0 bridgehead atoms. The van der Waals surface area contributed by atoms with Gasteiger partial charge < -0.3 is 40.8 Å². The maximum Gasteiger partial charge on any atom is 0.222 e. The Bertz CT molecular complexity index is 1290. The molecule has 0 radical (unpaired) electrons. The third-order valence-corrected chi connectivity index (χ3v) is 6.85. The molecule has 0 aliphatic carbocycles. The van der Waals surface area contributed by atoms with Crippen molar-refractivity contribution in [3.8, 4) is 0 Å². The Balaban J connectivity index is 1.46. The number of aliphatic imine (C=N–C) groups is 1. The number of methoxy groups -OCH3 is 1. The van der Waals surface area contributed by atoms with Crippen LogP contribution in [0.1, 0.15) is 17.5 Å². The van der Waals surface area contributed by atoms with Gasteiger partial charge in [-0.3, -0.25) is 9.79 Å². The number of nitrogens with two attached hydrogens (primary N) is 2. The summed E-state index contributed by atoms with van der Waals surface area (Å²) < 4.78 is 23.9. The van der Waals surface area contributed by atoms with Gasteiger partial charge in [-0.25, -0.2) is 0 Å². The van der Waals surface area contributed by atoms with Crippen LogP contribution in [-0.4, -0.2) is 67.9 Å². The van der Waals surface area contributed by atoms with Crippen LogP contribution < -0.4 is 16.8 Å². The molecule has 1 aliphatic heterocycles. The van der Waals surface area contributed by atoms with Crippen LogP contribution in [0.5, 0.6) is 0 Å². The highest BCUT2D eigenvalue weighted by Crippen LogP contribution is 2.26. The van der Waals surface area contributed by atoms with Crippen LogP contribution in [0.15, 0.2) is 71.7 Å². The summed E-state index contributed by atoms with van der Waals surface area (Å²) in [6, 6.07) is 20.5. The first-order chi connectivity index (χ1) is 19.3. The molecular weight excluding hydrogens is 536 g/mol. The van der Waals surface area contributed by atoms with Gasteiger partial charge in [0.05, 0.1) is 26.4 Å². The molecule has 0 saturated carbocycles. The van der Waals surface area contributed by atoms with Crippen molar-refractivity contribution in [1.82, 2.24) is 5.32 Å². The minimum absolute atomic E-state index is 0.0337. The number of benzene rings is 3. The van der Waals surface area contributed by atoms with Crippen LogP contribution >= 0.6 is 11.6 Å². The van der Waals surface area contributed by atoms with Crippen LogP contribution in [0.25, 0.3) is 10.8 Å². The van der Waals surface area contributed by atoms with Gasteiger partial charge in [0, 0.05) is 18.6 Å². The number of rotatable bonds is 12. The lowest BCUT2D eigenvalue weighted by Crippen LogP contribution is -2.65. The third-order valence-electron chi connectivity index (χ3n) is 6.60. The number of halogens is 1. The van der Waals surface area contributed by atoms with E-state index >= 15 is 0 Å². The maximum absolute atomic E-state index is 12.7. The predicted molar refractivity (Wildman–Crippen MR) is 153 cm³/mol. The molecule has 5 atom stereocenters. The van der Waals surface area contributed by atoms with Gasteiger partial charge in [-0.2, -0.15) is 0 Å². The standard InChI is InChI=1S/C29H35ClN4O6/c1-37-27-25(34-24(35)12-13-33-29(31)32)28(39-16-19-6-9-20-4-2-3-5-21(20)14-19)40-23(26(27)36)17-38-15-18-7-10-22(30)11-8-18/h2-11,14,23,25-28,36H,12-13,15-17H2,1H3,(H,34,35)(H4,31,32,33)/t23-,25-,26-,27-,28?/m1/s1. The molecule has 40 heavy (non-hydrogen) atoms. The fraction of sp³-hybridized carbons (Fsp3) is 0.379. The smallest absolute Gasteiger partial charge is 0.222 e. The van der Waals surface area contributed by atoms with Gasteiger partial charge in [-0.1, -0.05) is 60.1 Å². The number of hydrogen-bond acceptors (Lipinski definition) is 7. The molecule has 0 aromatic heterocycles. The predicted octanol–water partition coefficient (Wildman–Crippen LogP) is 2.48. The monoisotopic (exact) mass is 570 g/mol. The van der Waals surface area contributed by atoms with Crippen molar-refractivity contribution in [2.24, 2.45) is 16.5 Å². The van der Waals surface area contributed by atoms with Crippen molar-refractivity contribution in [2.45, 2.75) is 50.3 Å². The minimum atomic E-state index is -1.10. The highest BCUT2D eigenvalue weighted by Gasteiger charge is 2.47. The molecule has 214 valence electrons. The van der Waals surface area contributed by atoms with E-state index in [4.69, 9.17) is 42.0 Å². The van der Waals surface area contributed by atoms with Gasteiger partial charge in [-0.15, -0.1) is 0 Å². The van der Waals surface area contributed by atoms with Crippen LogP contribution in [0.3, 0.4) is 0 Å². The molecule has 3 aromatic carbocycles. The second kappa shape index (κ2) is 14.4. The number of aliphatic hydroxyl groups is 1. The Morgan fingerprint density at radius 3 is 2.50 bits per heavy atom. The highest BCUT2D eigenvalue weighted by atomic mass is 35.5. The lowest BCUT2D eigenvalue weighted by atomic mass is 9.96. The van der Waals surface area contributed by atoms with Crippen molar-refractivity contribution < 1.29 is 28.8 Å². The Morgan fingerprint density at radius 2 is 1.77 bits per heavy atom. The number of carbonyl (C=O) groups is 1. The van der Waals surface area contributed by atoms with Crippen molar-refractivity contribution in [3.05, 3.63) is 82.9 Å². The zero-order valence-electron chi connectivity index (χ0n) is 22.2. The van der Waals surface area contributed by atoms with Gasteiger partial charge in [-0.05, 0) is 40.1 Å². The lowest BCUT2D eigenvalue weighted by molar-refractivity contribution is -0.279. The first-order valence-electron chi connectivity index (χ1n) is 13.0. The third kappa shape index (κ3) is 8.14. The average Bonchev–Trinajstić information content (AvgIpc) is 2.94. The topological polar surface area (TPSA) is 151 Å². The summed E-state index contributed by atoms with van der Waals surface area (Å²) in [6.07, 6.45) is -3.60. The van der Waals surface area contributed by atoms with Crippen molar-refractivity contribution in [1.29, 1.82) is 0 Å². The lowest BCUT2D eigenvalue weighted by Gasteiger charge is -2.44. The average molecular weight is 571 g/mol. The van der Waals surface area contributed by atoms with Crippen LogP contribution in [-0.2, 0) is 37.0 Å². The summed E-state index contributed by atoms with van der Waals surface area (Å²) >= 11 is 5.96. The molecule has 1 heterocycles. The molecule has 4 rings (SSSR count). The Hall–Kier alpha value is -3.25. The minimum Gasteiger partial charge on any atom is -0.388 e. The van der Waals surface area contributed by atoms with E-state index in [1.165, 1.54) is 7.11 Å². The molecule has 11 heteroatoms.